The van der Waals surface area contributed by atoms with Crippen molar-refractivity contribution in [2.24, 2.45) is 5.10 Å². The molecule has 0 aliphatic heterocycles. The maximum absolute atomic E-state index is 10.1. The number of anilines is 1. The van der Waals surface area contributed by atoms with Gasteiger partial charge in [0.25, 0.3) is 0 Å². The fraction of sp³-hybridized carbons (Fsp3) is 0.115. The zero-order valence-corrected chi connectivity index (χ0v) is 18.6. The van der Waals surface area contributed by atoms with Gasteiger partial charge in [-0.15, -0.1) is 0 Å². The van der Waals surface area contributed by atoms with Crippen LogP contribution in [0.2, 0.25) is 0 Å². The van der Waals surface area contributed by atoms with Crippen molar-refractivity contribution in [3.05, 3.63) is 84.4 Å². The predicted molar refractivity (Wildman–Crippen MR) is 130 cm³/mol. The van der Waals surface area contributed by atoms with Crippen LogP contribution in [0.1, 0.15) is 5.56 Å². The second-order valence-electron chi connectivity index (χ2n) is 7.21. The molecule has 0 saturated heterocycles. The fourth-order valence-electron chi connectivity index (χ4n) is 3.29. The number of benzene rings is 3. The summed E-state index contributed by atoms with van der Waals surface area (Å²) in [7, 11) is 4.75. The quantitative estimate of drug-likeness (QED) is 0.322. The minimum absolute atomic E-state index is 0.0584. The number of hydrogen-bond donors (Lipinski definition) is 1. The first-order valence-electron chi connectivity index (χ1n) is 10.3. The van der Waals surface area contributed by atoms with Crippen molar-refractivity contribution in [3.8, 4) is 39.8 Å². The monoisotopic (exact) mass is 440 g/mol. The van der Waals surface area contributed by atoms with Gasteiger partial charge in [0.15, 0.2) is 11.5 Å². The van der Waals surface area contributed by atoms with Crippen molar-refractivity contribution in [3.63, 3.8) is 0 Å². The maximum atomic E-state index is 10.1. The first-order valence-corrected chi connectivity index (χ1v) is 10.3. The van der Waals surface area contributed by atoms with E-state index in [0.29, 0.717) is 23.0 Å². The van der Waals surface area contributed by atoms with Gasteiger partial charge in [-0.1, -0.05) is 60.7 Å². The van der Waals surface area contributed by atoms with E-state index >= 15 is 0 Å². The Kier molecular flexibility index (Phi) is 6.50. The van der Waals surface area contributed by atoms with Crippen molar-refractivity contribution < 1.29 is 14.6 Å². The molecule has 0 fully saturated rings. The maximum Gasteiger partial charge on any atom is 0.247 e. The standard InChI is InChI=1S/C26H24N4O3/c1-30(27-17-18-14-23(32-2)25(31)24(15-18)33-3)26-28-21(19-10-6-4-7-11-19)16-22(29-26)20-12-8-5-9-13-20/h4-17,31H,1-3H3/b27-17-. The van der Waals surface area contributed by atoms with E-state index in [1.54, 1.807) is 30.4 Å². The molecular weight excluding hydrogens is 416 g/mol. The van der Waals surface area contributed by atoms with Gasteiger partial charge in [-0.2, -0.15) is 5.10 Å². The van der Waals surface area contributed by atoms with Gasteiger partial charge in [-0.05, 0) is 18.2 Å². The minimum atomic E-state index is -0.0584. The Labute approximate surface area is 192 Å². The predicted octanol–water partition coefficient (Wildman–Crippen LogP) is 5.00. The van der Waals surface area contributed by atoms with Gasteiger partial charge in [-0.3, -0.25) is 0 Å². The van der Waals surface area contributed by atoms with E-state index in [1.807, 2.05) is 66.7 Å². The molecular formula is C26H24N4O3. The van der Waals surface area contributed by atoms with Gasteiger partial charge in [0.05, 0.1) is 31.8 Å². The van der Waals surface area contributed by atoms with E-state index in [1.165, 1.54) is 14.2 Å². The lowest BCUT2D eigenvalue weighted by molar-refractivity contribution is 0.340. The number of phenolic OH excluding ortho intramolecular Hbond substituents is 1. The lowest BCUT2D eigenvalue weighted by Crippen LogP contribution is -2.13. The molecule has 1 heterocycles. The Morgan fingerprint density at radius 3 is 1.73 bits per heavy atom. The Morgan fingerprint density at radius 1 is 0.788 bits per heavy atom. The van der Waals surface area contributed by atoms with Crippen molar-refractivity contribution in [2.75, 3.05) is 26.3 Å². The largest absolute Gasteiger partial charge is 0.502 e. The number of hydrazone groups is 1. The number of nitrogens with zero attached hydrogens (tertiary/aromatic N) is 4. The molecule has 1 N–H and O–H groups in total. The highest BCUT2D eigenvalue weighted by molar-refractivity contribution is 5.83. The number of hydrogen-bond acceptors (Lipinski definition) is 7. The van der Waals surface area contributed by atoms with Gasteiger partial charge in [0, 0.05) is 23.7 Å². The Morgan fingerprint density at radius 2 is 1.27 bits per heavy atom. The molecule has 0 spiro atoms. The minimum Gasteiger partial charge on any atom is -0.502 e. The molecule has 4 rings (SSSR count). The van der Waals surface area contributed by atoms with E-state index in [-0.39, 0.29) is 5.75 Å². The van der Waals surface area contributed by atoms with E-state index < -0.39 is 0 Å². The number of aromatic nitrogens is 2. The molecule has 3 aromatic carbocycles. The van der Waals surface area contributed by atoms with Gasteiger partial charge in [-0.25, -0.2) is 15.0 Å². The topological polar surface area (TPSA) is 80.1 Å². The first-order chi connectivity index (χ1) is 16.1. The van der Waals surface area contributed by atoms with Gasteiger partial charge < -0.3 is 14.6 Å². The molecule has 0 radical (unpaired) electrons. The summed E-state index contributed by atoms with van der Waals surface area (Å²) in [5, 5.41) is 16.2. The summed E-state index contributed by atoms with van der Waals surface area (Å²) in [6.45, 7) is 0. The number of rotatable bonds is 7. The molecule has 7 nitrogen and oxygen atoms in total. The highest BCUT2D eigenvalue weighted by atomic mass is 16.5. The SMILES string of the molecule is COc1cc(/C=N\N(C)c2nc(-c3ccccc3)cc(-c3ccccc3)n2)cc(OC)c1O. The number of phenols is 1. The number of methoxy groups -OCH3 is 2. The van der Waals surface area contributed by atoms with E-state index in [0.717, 1.165) is 22.5 Å². The molecule has 1 aromatic heterocycles. The summed E-state index contributed by atoms with van der Waals surface area (Å²) < 4.78 is 10.4. The highest BCUT2D eigenvalue weighted by Gasteiger charge is 2.13. The van der Waals surface area contributed by atoms with Crippen molar-refractivity contribution in [1.29, 1.82) is 0 Å². The summed E-state index contributed by atoms with van der Waals surface area (Å²) in [4.78, 5) is 9.47. The van der Waals surface area contributed by atoms with Crippen LogP contribution in [0.5, 0.6) is 17.2 Å². The molecule has 0 amide bonds. The molecule has 166 valence electrons. The molecule has 0 aliphatic rings. The zero-order valence-electron chi connectivity index (χ0n) is 18.6. The van der Waals surface area contributed by atoms with E-state index in [9.17, 15) is 5.11 Å². The molecule has 7 heteroatoms. The molecule has 4 aromatic rings. The first kappa shape index (κ1) is 21.8. The van der Waals surface area contributed by atoms with Gasteiger partial charge in [0.2, 0.25) is 11.7 Å². The third kappa shape index (κ3) is 4.93. The van der Waals surface area contributed by atoms with E-state index in [4.69, 9.17) is 19.4 Å². The molecule has 0 saturated carbocycles. The van der Waals surface area contributed by atoms with Crippen LogP contribution < -0.4 is 14.5 Å². The Hall–Kier alpha value is -4.39. The highest BCUT2D eigenvalue weighted by Crippen LogP contribution is 2.36. The Bertz CT molecular complexity index is 1180. The summed E-state index contributed by atoms with van der Waals surface area (Å²) in [5.74, 6) is 0.986. The summed E-state index contributed by atoms with van der Waals surface area (Å²) in [5.41, 5.74) is 4.27. The van der Waals surface area contributed by atoms with Crippen molar-refractivity contribution in [1.82, 2.24) is 9.97 Å². The van der Waals surface area contributed by atoms with Crippen molar-refractivity contribution in [2.45, 2.75) is 0 Å². The van der Waals surface area contributed by atoms with E-state index in [2.05, 4.69) is 5.10 Å². The third-order valence-electron chi connectivity index (χ3n) is 5.03. The summed E-state index contributed by atoms with van der Waals surface area (Å²) in [6, 6.07) is 25.2. The van der Waals surface area contributed by atoms with Gasteiger partial charge in [0.1, 0.15) is 0 Å². The second-order valence-corrected chi connectivity index (χ2v) is 7.21. The second kappa shape index (κ2) is 9.82. The van der Waals surface area contributed by atoms with Crippen LogP contribution in [0.3, 0.4) is 0 Å². The van der Waals surface area contributed by atoms with Crippen LogP contribution in [0.4, 0.5) is 5.95 Å². The lowest BCUT2D eigenvalue weighted by Gasteiger charge is -2.14. The summed E-state index contributed by atoms with van der Waals surface area (Å²) >= 11 is 0. The normalized spacial score (nSPS) is 10.9. The van der Waals surface area contributed by atoms with Crippen LogP contribution in [0.25, 0.3) is 22.5 Å². The summed E-state index contributed by atoms with van der Waals surface area (Å²) in [6.07, 6.45) is 1.63. The fourth-order valence-corrected chi connectivity index (χ4v) is 3.29. The van der Waals surface area contributed by atoms with Crippen LogP contribution in [0.15, 0.2) is 84.0 Å². The molecule has 0 aliphatic carbocycles. The number of ether oxygens (including phenoxy) is 2. The Balaban J connectivity index is 1.72. The molecule has 33 heavy (non-hydrogen) atoms. The smallest absolute Gasteiger partial charge is 0.247 e. The van der Waals surface area contributed by atoms with Crippen LogP contribution in [-0.4, -0.2) is 42.6 Å². The van der Waals surface area contributed by atoms with Crippen LogP contribution >= 0.6 is 0 Å². The lowest BCUT2D eigenvalue weighted by atomic mass is 10.1. The molecule has 0 bridgehead atoms. The third-order valence-corrected chi connectivity index (χ3v) is 5.03. The van der Waals surface area contributed by atoms with Crippen LogP contribution in [-0.2, 0) is 0 Å². The zero-order chi connectivity index (χ0) is 23.2. The van der Waals surface area contributed by atoms with Crippen molar-refractivity contribution >= 4 is 12.2 Å². The molecule has 0 unspecified atom stereocenters. The van der Waals surface area contributed by atoms with Crippen LogP contribution in [0, 0.1) is 0 Å². The average Bonchev–Trinajstić information content (AvgIpc) is 2.88. The van der Waals surface area contributed by atoms with Gasteiger partial charge >= 0.3 is 0 Å². The molecule has 0 atom stereocenters. The number of aromatic hydroxyl groups is 1. The average molecular weight is 441 g/mol.